The van der Waals surface area contributed by atoms with Gasteiger partial charge in [0, 0.05) is 37.2 Å². The molecule has 4 heteroatoms. The zero-order valence-electron chi connectivity index (χ0n) is 11.9. The second-order valence-electron chi connectivity index (χ2n) is 4.59. The number of pyridine rings is 2. The fraction of sp³-hybridized carbons (Fsp3) is 0. The molecule has 0 radical (unpaired) electrons. The quantitative estimate of drug-likeness (QED) is 0.681. The Labute approximate surface area is 129 Å². The molecule has 0 unspecified atom stereocenters. The van der Waals surface area contributed by atoms with Crippen molar-refractivity contribution >= 4 is 23.8 Å². The summed E-state index contributed by atoms with van der Waals surface area (Å²) in [6, 6.07) is 15.4. The van der Waals surface area contributed by atoms with Gasteiger partial charge in [0.15, 0.2) is 0 Å². The van der Waals surface area contributed by atoms with E-state index in [0.717, 1.165) is 22.5 Å². The van der Waals surface area contributed by atoms with E-state index >= 15 is 0 Å². The largest absolute Gasteiger partial charge is 0.265 e. The third kappa shape index (κ3) is 3.93. The van der Waals surface area contributed by atoms with Crippen molar-refractivity contribution in [3.63, 3.8) is 0 Å². The fourth-order valence-electron chi connectivity index (χ4n) is 1.82. The van der Waals surface area contributed by atoms with Crippen molar-refractivity contribution in [1.82, 2.24) is 9.97 Å². The number of benzene rings is 1. The average molecular weight is 286 g/mol. The molecule has 2 heterocycles. The lowest BCUT2D eigenvalue weighted by Crippen LogP contribution is -1.80. The van der Waals surface area contributed by atoms with E-state index in [1.54, 1.807) is 24.8 Å². The molecule has 0 fully saturated rings. The van der Waals surface area contributed by atoms with Crippen LogP contribution < -0.4 is 0 Å². The molecule has 0 spiro atoms. The lowest BCUT2D eigenvalue weighted by Gasteiger charge is -1.96. The predicted molar refractivity (Wildman–Crippen MR) is 89.4 cm³/mol. The lowest BCUT2D eigenvalue weighted by atomic mass is 10.2. The van der Waals surface area contributed by atoms with E-state index in [2.05, 4.69) is 20.0 Å². The summed E-state index contributed by atoms with van der Waals surface area (Å²) in [5.41, 5.74) is 3.82. The van der Waals surface area contributed by atoms with E-state index in [1.165, 1.54) is 0 Å². The number of rotatable bonds is 4. The van der Waals surface area contributed by atoms with Gasteiger partial charge in [0.05, 0.1) is 11.4 Å². The van der Waals surface area contributed by atoms with Crippen molar-refractivity contribution in [3.8, 4) is 0 Å². The highest BCUT2D eigenvalue weighted by atomic mass is 14.7. The summed E-state index contributed by atoms with van der Waals surface area (Å²) in [6.07, 6.45) is 10.6. The second kappa shape index (κ2) is 7.04. The Kier molecular flexibility index (Phi) is 4.42. The van der Waals surface area contributed by atoms with E-state index in [4.69, 9.17) is 0 Å². The lowest BCUT2D eigenvalue weighted by molar-refractivity contribution is 1.32. The summed E-state index contributed by atoms with van der Waals surface area (Å²) in [5.74, 6) is 0. The maximum absolute atomic E-state index is 4.42. The highest BCUT2D eigenvalue weighted by molar-refractivity contribution is 5.82. The molecule has 22 heavy (non-hydrogen) atoms. The SMILES string of the molecule is C(=N\c1ccc(/N=C/c2ccncc2)cc1)/c1ccncc1. The molecule has 106 valence electrons. The third-order valence-corrected chi connectivity index (χ3v) is 2.99. The van der Waals surface area contributed by atoms with E-state index in [0.29, 0.717) is 0 Å². The maximum Gasteiger partial charge on any atom is 0.0631 e. The minimum atomic E-state index is 0.889. The van der Waals surface area contributed by atoms with Crippen LogP contribution in [0.3, 0.4) is 0 Å². The van der Waals surface area contributed by atoms with Gasteiger partial charge in [-0.1, -0.05) is 0 Å². The number of hydrogen-bond acceptors (Lipinski definition) is 4. The van der Waals surface area contributed by atoms with Crippen LogP contribution in [0.2, 0.25) is 0 Å². The number of hydrogen-bond donors (Lipinski definition) is 0. The van der Waals surface area contributed by atoms with Gasteiger partial charge < -0.3 is 0 Å². The molecule has 2 aromatic heterocycles. The van der Waals surface area contributed by atoms with E-state index < -0.39 is 0 Å². The molecule has 4 nitrogen and oxygen atoms in total. The minimum Gasteiger partial charge on any atom is -0.265 e. The number of aliphatic imine (C=N–C) groups is 2. The Morgan fingerprint density at radius 1 is 0.545 bits per heavy atom. The standard InChI is InChI=1S/C18H14N4/c1-2-18(22-14-16-7-11-20-12-8-16)4-3-17(1)21-13-15-5-9-19-10-6-15/h1-14H/b21-13+,22-14+. The van der Waals surface area contributed by atoms with Crippen molar-refractivity contribution in [3.05, 3.63) is 84.4 Å². The van der Waals surface area contributed by atoms with Gasteiger partial charge in [0.2, 0.25) is 0 Å². The van der Waals surface area contributed by atoms with Crippen molar-refractivity contribution in [2.45, 2.75) is 0 Å². The van der Waals surface area contributed by atoms with Crippen LogP contribution in [0.1, 0.15) is 11.1 Å². The maximum atomic E-state index is 4.42. The van der Waals surface area contributed by atoms with Crippen LogP contribution in [0.25, 0.3) is 0 Å². The van der Waals surface area contributed by atoms with Crippen LogP contribution >= 0.6 is 0 Å². The van der Waals surface area contributed by atoms with Crippen LogP contribution in [0, 0.1) is 0 Å². The molecule has 0 saturated carbocycles. The first-order chi connectivity index (χ1) is 10.9. The molecule has 0 bridgehead atoms. The summed E-state index contributed by atoms with van der Waals surface area (Å²) >= 11 is 0. The highest BCUT2D eigenvalue weighted by Gasteiger charge is 1.92. The van der Waals surface area contributed by atoms with Crippen LogP contribution in [0.15, 0.2) is 83.3 Å². The van der Waals surface area contributed by atoms with Crippen LogP contribution in [-0.4, -0.2) is 22.4 Å². The monoisotopic (exact) mass is 286 g/mol. The van der Waals surface area contributed by atoms with Gasteiger partial charge in [-0.2, -0.15) is 0 Å². The average Bonchev–Trinajstić information content (AvgIpc) is 2.61. The molecular weight excluding hydrogens is 272 g/mol. The van der Waals surface area contributed by atoms with Crippen molar-refractivity contribution < 1.29 is 0 Å². The summed E-state index contributed by atoms with van der Waals surface area (Å²) in [5, 5.41) is 0. The van der Waals surface area contributed by atoms with Gasteiger partial charge in [-0.3, -0.25) is 20.0 Å². The Morgan fingerprint density at radius 3 is 1.27 bits per heavy atom. The van der Waals surface area contributed by atoms with E-state index in [1.807, 2.05) is 61.0 Å². The zero-order chi connectivity index (χ0) is 15.0. The molecule has 0 saturated heterocycles. The molecule has 1 aromatic carbocycles. The third-order valence-electron chi connectivity index (χ3n) is 2.99. The van der Waals surface area contributed by atoms with Gasteiger partial charge in [-0.15, -0.1) is 0 Å². The van der Waals surface area contributed by atoms with Gasteiger partial charge in [0.25, 0.3) is 0 Å². The molecule has 0 amide bonds. The van der Waals surface area contributed by atoms with Crippen LogP contribution in [-0.2, 0) is 0 Å². The normalized spacial score (nSPS) is 11.3. The predicted octanol–water partition coefficient (Wildman–Crippen LogP) is 3.98. The topological polar surface area (TPSA) is 50.5 Å². The summed E-state index contributed by atoms with van der Waals surface area (Å²) in [4.78, 5) is 16.8. The van der Waals surface area contributed by atoms with Crippen molar-refractivity contribution in [1.29, 1.82) is 0 Å². The molecule has 0 aliphatic heterocycles. The number of nitrogens with zero attached hydrogens (tertiary/aromatic N) is 4. The van der Waals surface area contributed by atoms with Crippen LogP contribution in [0.4, 0.5) is 11.4 Å². The van der Waals surface area contributed by atoms with E-state index in [9.17, 15) is 0 Å². The smallest absolute Gasteiger partial charge is 0.0631 e. The summed E-state index contributed by atoms with van der Waals surface area (Å²) < 4.78 is 0. The Hall–Kier alpha value is -3.14. The Balaban J connectivity index is 1.68. The first-order valence-electron chi connectivity index (χ1n) is 6.88. The molecule has 0 atom stereocenters. The summed E-state index contributed by atoms with van der Waals surface area (Å²) in [7, 11) is 0. The zero-order valence-corrected chi connectivity index (χ0v) is 11.9. The first kappa shape index (κ1) is 13.8. The Bertz CT molecular complexity index is 695. The van der Waals surface area contributed by atoms with Gasteiger partial charge in [-0.25, -0.2) is 0 Å². The van der Waals surface area contributed by atoms with Gasteiger partial charge in [-0.05, 0) is 59.7 Å². The summed E-state index contributed by atoms with van der Waals surface area (Å²) in [6.45, 7) is 0. The first-order valence-corrected chi connectivity index (χ1v) is 6.88. The Morgan fingerprint density at radius 2 is 0.909 bits per heavy atom. The number of aromatic nitrogens is 2. The molecular formula is C18H14N4. The minimum absolute atomic E-state index is 0.889. The molecule has 3 rings (SSSR count). The van der Waals surface area contributed by atoms with Crippen LogP contribution in [0.5, 0.6) is 0 Å². The highest BCUT2D eigenvalue weighted by Crippen LogP contribution is 2.18. The molecule has 3 aromatic rings. The molecule has 0 N–H and O–H groups in total. The molecule has 0 aliphatic rings. The van der Waals surface area contributed by atoms with Gasteiger partial charge >= 0.3 is 0 Å². The molecule has 0 aliphatic carbocycles. The van der Waals surface area contributed by atoms with Gasteiger partial charge in [0.1, 0.15) is 0 Å². The fourth-order valence-corrected chi connectivity index (χ4v) is 1.82. The van der Waals surface area contributed by atoms with Crippen molar-refractivity contribution in [2.75, 3.05) is 0 Å². The second-order valence-corrected chi connectivity index (χ2v) is 4.59. The van der Waals surface area contributed by atoms with Crippen molar-refractivity contribution in [2.24, 2.45) is 9.98 Å². The van der Waals surface area contributed by atoms with E-state index in [-0.39, 0.29) is 0 Å².